The van der Waals surface area contributed by atoms with E-state index in [1.165, 1.54) is 0 Å². The van der Waals surface area contributed by atoms with Crippen LogP contribution in [0.4, 0.5) is 0 Å². The van der Waals surface area contributed by atoms with Crippen molar-refractivity contribution in [1.82, 2.24) is 14.7 Å². The van der Waals surface area contributed by atoms with Crippen LogP contribution in [0.1, 0.15) is 32.2 Å². The molecule has 0 aliphatic rings. The molecule has 0 aromatic carbocycles. The summed E-state index contributed by atoms with van der Waals surface area (Å²) in [6, 6.07) is 0. The molecule has 1 aromatic rings. The zero-order valence-corrected chi connectivity index (χ0v) is 12.8. The summed E-state index contributed by atoms with van der Waals surface area (Å²) in [5, 5.41) is 4.54. The van der Waals surface area contributed by atoms with Gasteiger partial charge in [-0.3, -0.25) is 14.4 Å². The first-order valence-electron chi connectivity index (χ1n) is 6.28. The Morgan fingerprint density at radius 2 is 2.11 bits per heavy atom. The fourth-order valence-corrected chi connectivity index (χ4v) is 2.57. The summed E-state index contributed by atoms with van der Waals surface area (Å²) in [5.74, 6) is -0.300. The van der Waals surface area contributed by atoms with Crippen LogP contribution in [0, 0.1) is 0 Å². The molecule has 1 aromatic heterocycles. The van der Waals surface area contributed by atoms with Gasteiger partial charge in [-0.1, -0.05) is 13.8 Å². The molecule has 0 unspecified atom stereocenters. The van der Waals surface area contributed by atoms with Gasteiger partial charge in [0.25, 0.3) is 0 Å². The number of aromatic nitrogens is 2. The first-order valence-corrected chi connectivity index (χ1v) is 7.07. The Hall–Kier alpha value is -0.880. The number of nitrogens with zero attached hydrogens (tertiary/aromatic N) is 3. The molecule has 1 amide bonds. The van der Waals surface area contributed by atoms with Crippen molar-refractivity contribution in [1.29, 1.82) is 0 Å². The molecule has 0 atom stereocenters. The quantitative estimate of drug-likeness (QED) is 0.829. The molecule has 0 aliphatic carbocycles. The largest absolute Gasteiger partial charge is 0.369 e. The molecule has 0 saturated heterocycles. The lowest BCUT2D eigenvalue weighted by Crippen LogP contribution is -2.33. The number of primary amides is 1. The minimum Gasteiger partial charge on any atom is -0.369 e. The van der Waals surface area contributed by atoms with Gasteiger partial charge in [0.05, 0.1) is 22.4 Å². The molecule has 2 N–H and O–H groups in total. The van der Waals surface area contributed by atoms with Crippen molar-refractivity contribution in [2.75, 3.05) is 13.1 Å². The molecule has 0 bridgehead atoms. The Morgan fingerprint density at radius 3 is 2.56 bits per heavy atom. The number of likely N-dealkylation sites (N-methyl/N-ethyl adjacent to an activating group) is 1. The summed E-state index contributed by atoms with van der Waals surface area (Å²) in [4.78, 5) is 13.0. The van der Waals surface area contributed by atoms with Crippen molar-refractivity contribution in [3.63, 3.8) is 0 Å². The van der Waals surface area contributed by atoms with E-state index in [-0.39, 0.29) is 12.5 Å². The molecule has 6 heteroatoms. The molecule has 102 valence electrons. The summed E-state index contributed by atoms with van der Waals surface area (Å²) >= 11 is 3.60. The van der Waals surface area contributed by atoms with Crippen molar-refractivity contribution in [2.24, 2.45) is 5.73 Å². The van der Waals surface area contributed by atoms with E-state index in [2.05, 4.69) is 34.9 Å². The van der Waals surface area contributed by atoms with Crippen LogP contribution in [-0.4, -0.2) is 33.7 Å². The highest BCUT2D eigenvalue weighted by atomic mass is 79.9. The minimum atomic E-state index is -0.300. The van der Waals surface area contributed by atoms with E-state index in [0.717, 1.165) is 35.4 Å². The summed E-state index contributed by atoms with van der Waals surface area (Å²) < 4.78 is 3.03. The number of carbonyl (C=O) groups is 1. The molecule has 0 aliphatic heterocycles. The zero-order valence-electron chi connectivity index (χ0n) is 11.2. The third-order valence-electron chi connectivity index (χ3n) is 2.89. The van der Waals surface area contributed by atoms with Crippen molar-refractivity contribution >= 4 is 21.8 Å². The second kappa shape index (κ2) is 6.89. The molecule has 0 saturated carbocycles. The van der Waals surface area contributed by atoms with E-state index < -0.39 is 0 Å². The zero-order chi connectivity index (χ0) is 13.7. The number of carbonyl (C=O) groups excluding carboxylic acids is 1. The van der Waals surface area contributed by atoms with Crippen molar-refractivity contribution in [2.45, 2.75) is 40.3 Å². The number of hydrogen-bond donors (Lipinski definition) is 1. The maximum atomic E-state index is 11.0. The topological polar surface area (TPSA) is 64.2 Å². The van der Waals surface area contributed by atoms with Crippen LogP contribution in [-0.2, 0) is 24.3 Å². The normalized spacial score (nSPS) is 11.2. The number of halogens is 1. The Kier molecular flexibility index (Phi) is 5.81. The highest BCUT2D eigenvalue weighted by molar-refractivity contribution is 9.10. The number of nitrogens with two attached hydrogens (primary N) is 1. The maximum Gasteiger partial charge on any atom is 0.231 e. The van der Waals surface area contributed by atoms with E-state index in [1.807, 2.05) is 16.5 Å². The molecule has 18 heavy (non-hydrogen) atoms. The number of rotatable bonds is 7. The molecule has 1 rings (SSSR count). The fraction of sp³-hybridized carbons (Fsp3) is 0.667. The SMILES string of the molecule is CCc1nn(CC)c(CN(CC)CC(N)=O)c1Br. The second-order valence-electron chi connectivity index (χ2n) is 4.15. The summed E-state index contributed by atoms with van der Waals surface area (Å²) in [6.07, 6.45) is 0.891. The van der Waals surface area contributed by atoms with Crippen LogP contribution in [0.2, 0.25) is 0 Å². The lowest BCUT2D eigenvalue weighted by atomic mass is 10.3. The van der Waals surface area contributed by atoms with Gasteiger partial charge in [0.15, 0.2) is 0 Å². The van der Waals surface area contributed by atoms with Crippen LogP contribution in [0.3, 0.4) is 0 Å². The maximum absolute atomic E-state index is 11.0. The van der Waals surface area contributed by atoms with Crippen LogP contribution in [0.25, 0.3) is 0 Å². The van der Waals surface area contributed by atoms with Gasteiger partial charge < -0.3 is 5.73 Å². The van der Waals surface area contributed by atoms with Crippen LogP contribution in [0.5, 0.6) is 0 Å². The van der Waals surface area contributed by atoms with Crippen LogP contribution in [0.15, 0.2) is 4.47 Å². The fourth-order valence-electron chi connectivity index (χ4n) is 1.88. The summed E-state index contributed by atoms with van der Waals surface area (Å²) in [5.41, 5.74) is 7.41. The van der Waals surface area contributed by atoms with E-state index in [0.29, 0.717) is 6.54 Å². The average Bonchev–Trinajstić information content (AvgIpc) is 2.64. The van der Waals surface area contributed by atoms with Crippen LogP contribution >= 0.6 is 15.9 Å². The van der Waals surface area contributed by atoms with Gasteiger partial charge in [0, 0.05) is 13.1 Å². The Labute approximate surface area is 116 Å². The first-order chi connectivity index (χ1) is 8.53. The molecule has 0 spiro atoms. The van der Waals surface area contributed by atoms with Gasteiger partial charge in [0.2, 0.25) is 5.91 Å². The molecule has 1 heterocycles. The Morgan fingerprint density at radius 1 is 1.44 bits per heavy atom. The standard InChI is InChI=1S/C12H21BrN4O/c1-4-9-12(13)10(17(6-3)15-9)7-16(5-2)8-11(14)18/h4-8H2,1-3H3,(H2,14,18). The lowest BCUT2D eigenvalue weighted by molar-refractivity contribution is -0.119. The molecule has 0 radical (unpaired) electrons. The third kappa shape index (κ3) is 3.55. The van der Waals surface area contributed by atoms with Gasteiger partial charge in [-0.25, -0.2) is 0 Å². The van der Waals surface area contributed by atoms with Gasteiger partial charge in [-0.05, 0) is 35.8 Å². The van der Waals surface area contributed by atoms with Gasteiger partial charge in [0.1, 0.15) is 0 Å². The highest BCUT2D eigenvalue weighted by Crippen LogP contribution is 2.23. The number of aryl methyl sites for hydroxylation is 2. The highest BCUT2D eigenvalue weighted by Gasteiger charge is 2.17. The molecule has 5 nitrogen and oxygen atoms in total. The predicted octanol–water partition coefficient (Wildman–Crippen LogP) is 1.54. The van der Waals surface area contributed by atoms with Gasteiger partial charge >= 0.3 is 0 Å². The van der Waals surface area contributed by atoms with Crippen molar-refractivity contribution in [3.05, 3.63) is 15.9 Å². The van der Waals surface area contributed by atoms with Crippen molar-refractivity contribution in [3.8, 4) is 0 Å². The monoisotopic (exact) mass is 316 g/mol. The smallest absolute Gasteiger partial charge is 0.231 e. The van der Waals surface area contributed by atoms with Gasteiger partial charge in [-0.2, -0.15) is 5.10 Å². The third-order valence-corrected chi connectivity index (χ3v) is 3.81. The number of amides is 1. The van der Waals surface area contributed by atoms with E-state index in [9.17, 15) is 4.79 Å². The lowest BCUT2D eigenvalue weighted by Gasteiger charge is -2.19. The molecular weight excluding hydrogens is 296 g/mol. The van der Waals surface area contributed by atoms with Crippen molar-refractivity contribution < 1.29 is 4.79 Å². The average molecular weight is 317 g/mol. The van der Waals surface area contributed by atoms with E-state index in [4.69, 9.17) is 5.73 Å². The Balaban J connectivity index is 2.93. The summed E-state index contributed by atoms with van der Waals surface area (Å²) in [7, 11) is 0. The molecule has 0 fully saturated rings. The predicted molar refractivity (Wildman–Crippen MR) is 75.1 cm³/mol. The van der Waals surface area contributed by atoms with E-state index in [1.54, 1.807) is 0 Å². The minimum absolute atomic E-state index is 0.277. The second-order valence-corrected chi connectivity index (χ2v) is 4.94. The van der Waals surface area contributed by atoms with Gasteiger partial charge in [-0.15, -0.1) is 0 Å². The molecular formula is C12H21BrN4O. The van der Waals surface area contributed by atoms with Crippen LogP contribution < -0.4 is 5.73 Å². The summed E-state index contributed by atoms with van der Waals surface area (Å²) in [6.45, 7) is 8.73. The Bertz CT molecular complexity index is 416. The van der Waals surface area contributed by atoms with E-state index >= 15 is 0 Å². The number of hydrogen-bond acceptors (Lipinski definition) is 3. The first kappa shape index (κ1) is 15.2.